The van der Waals surface area contributed by atoms with E-state index in [1.165, 1.54) is 11.1 Å². The Morgan fingerprint density at radius 1 is 0.905 bits per heavy atom. The highest BCUT2D eigenvalue weighted by Crippen LogP contribution is 2.15. The first-order chi connectivity index (χ1) is 10.3. The zero-order valence-corrected chi connectivity index (χ0v) is 12.9. The van der Waals surface area contributed by atoms with Gasteiger partial charge in [-0.3, -0.25) is 4.90 Å². The second kappa shape index (κ2) is 8.60. The summed E-state index contributed by atoms with van der Waals surface area (Å²) < 4.78 is 0. The maximum Gasteiger partial charge on any atom is 0.0237 e. The van der Waals surface area contributed by atoms with E-state index in [1.54, 1.807) is 0 Å². The summed E-state index contributed by atoms with van der Waals surface area (Å²) in [5.41, 5.74) is 8.59. The summed E-state index contributed by atoms with van der Waals surface area (Å²) in [6, 6.07) is 21.9. The van der Waals surface area contributed by atoms with E-state index in [-0.39, 0.29) is 0 Å². The lowest BCUT2D eigenvalue weighted by Crippen LogP contribution is -2.39. The Morgan fingerprint density at radius 2 is 1.48 bits per heavy atom. The molecule has 0 aliphatic carbocycles. The summed E-state index contributed by atoms with van der Waals surface area (Å²) in [5.74, 6) is 0. The molecule has 2 N–H and O–H groups in total. The van der Waals surface area contributed by atoms with Crippen LogP contribution in [0.2, 0.25) is 0 Å². The molecule has 0 amide bonds. The molecule has 2 heteroatoms. The highest BCUT2D eigenvalue weighted by molar-refractivity contribution is 5.17. The molecule has 112 valence electrons. The lowest BCUT2D eigenvalue weighted by molar-refractivity contribution is 0.186. The molecule has 0 saturated heterocycles. The predicted octanol–water partition coefficient (Wildman–Crippen LogP) is 3.47. The van der Waals surface area contributed by atoms with Gasteiger partial charge in [0, 0.05) is 25.7 Å². The molecule has 21 heavy (non-hydrogen) atoms. The molecule has 0 aliphatic heterocycles. The van der Waals surface area contributed by atoms with Gasteiger partial charge in [-0.1, -0.05) is 67.6 Å². The van der Waals surface area contributed by atoms with Crippen LogP contribution < -0.4 is 5.73 Å². The topological polar surface area (TPSA) is 29.3 Å². The minimum absolute atomic E-state index is 0.538. The first-order valence-electron chi connectivity index (χ1n) is 7.85. The van der Waals surface area contributed by atoms with Crippen molar-refractivity contribution >= 4 is 0 Å². The maximum absolute atomic E-state index is 5.83. The van der Waals surface area contributed by atoms with E-state index in [1.807, 2.05) is 0 Å². The highest BCUT2D eigenvalue weighted by atomic mass is 15.2. The van der Waals surface area contributed by atoms with E-state index in [9.17, 15) is 0 Å². The van der Waals surface area contributed by atoms with Crippen LogP contribution >= 0.6 is 0 Å². The van der Waals surface area contributed by atoms with E-state index < -0.39 is 0 Å². The average molecular weight is 282 g/mol. The first kappa shape index (κ1) is 15.7. The van der Waals surface area contributed by atoms with Crippen LogP contribution in [-0.4, -0.2) is 24.0 Å². The number of hydrogen-bond donors (Lipinski definition) is 1. The number of nitrogens with two attached hydrogens (primary N) is 1. The second-order valence-electron chi connectivity index (χ2n) is 5.50. The third-order valence-corrected chi connectivity index (χ3v) is 3.95. The van der Waals surface area contributed by atoms with Gasteiger partial charge in [0.05, 0.1) is 0 Å². The normalized spacial score (nSPS) is 12.5. The monoisotopic (exact) mass is 282 g/mol. The molecule has 0 saturated carbocycles. The van der Waals surface area contributed by atoms with Gasteiger partial charge >= 0.3 is 0 Å². The molecule has 0 aromatic heterocycles. The molecule has 0 fully saturated rings. The van der Waals surface area contributed by atoms with Gasteiger partial charge in [0.1, 0.15) is 0 Å². The van der Waals surface area contributed by atoms with E-state index in [0.717, 1.165) is 25.9 Å². The van der Waals surface area contributed by atoms with Crippen molar-refractivity contribution in [2.75, 3.05) is 13.1 Å². The Hall–Kier alpha value is -1.64. The molecule has 2 rings (SSSR count). The number of nitrogens with zero attached hydrogens (tertiary/aromatic N) is 1. The van der Waals surface area contributed by atoms with Crippen molar-refractivity contribution in [2.24, 2.45) is 5.73 Å². The fourth-order valence-corrected chi connectivity index (χ4v) is 2.79. The Morgan fingerprint density at radius 3 is 2.00 bits per heavy atom. The summed E-state index contributed by atoms with van der Waals surface area (Å²) in [4.78, 5) is 2.52. The Bertz CT molecular complexity index is 495. The van der Waals surface area contributed by atoms with Crippen molar-refractivity contribution in [2.45, 2.75) is 32.4 Å². The average Bonchev–Trinajstić information content (AvgIpc) is 2.54. The molecule has 1 unspecified atom stereocenters. The van der Waals surface area contributed by atoms with Crippen molar-refractivity contribution in [3.8, 4) is 0 Å². The van der Waals surface area contributed by atoms with Crippen molar-refractivity contribution in [1.29, 1.82) is 0 Å². The molecular formula is C19H26N2. The SMILES string of the molecule is CCC(Cc1ccccc1)N(CCN)Cc1ccccc1. The lowest BCUT2D eigenvalue weighted by Gasteiger charge is -2.31. The molecule has 1 atom stereocenters. The molecule has 2 aromatic carbocycles. The lowest BCUT2D eigenvalue weighted by atomic mass is 10.0. The van der Waals surface area contributed by atoms with Crippen LogP contribution in [0.25, 0.3) is 0 Å². The van der Waals surface area contributed by atoms with Crippen molar-refractivity contribution in [3.63, 3.8) is 0 Å². The third-order valence-electron chi connectivity index (χ3n) is 3.95. The largest absolute Gasteiger partial charge is 0.329 e. The molecule has 0 spiro atoms. The summed E-state index contributed by atoms with van der Waals surface area (Å²) in [7, 11) is 0. The fourth-order valence-electron chi connectivity index (χ4n) is 2.79. The summed E-state index contributed by atoms with van der Waals surface area (Å²) in [6.07, 6.45) is 2.23. The van der Waals surface area contributed by atoms with Gasteiger partial charge in [-0.05, 0) is 24.0 Å². The minimum atomic E-state index is 0.538. The zero-order valence-electron chi connectivity index (χ0n) is 12.9. The summed E-state index contributed by atoms with van der Waals surface area (Å²) in [6.45, 7) is 4.89. The van der Waals surface area contributed by atoms with Crippen LogP contribution in [0.1, 0.15) is 24.5 Å². The van der Waals surface area contributed by atoms with Crippen LogP contribution in [-0.2, 0) is 13.0 Å². The van der Waals surface area contributed by atoms with E-state index in [2.05, 4.69) is 72.5 Å². The molecule has 0 aliphatic rings. The molecule has 0 bridgehead atoms. The van der Waals surface area contributed by atoms with Crippen LogP contribution in [0.15, 0.2) is 60.7 Å². The summed E-state index contributed by atoms with van der Waals surface area (Å²) in [5, 5.41) is 0. The van der Waals surface area contributed by atoms with Crippen molar-refractivity contribution in [1.82, 2.24) is 4.90 Å². The Balaban J connectivity index is 2.07. The smallest absolute Gasteiger partial charge is 0.0237 e. The predicted molar refractivity (Wildman–Crippen MR) is 90.1 cm³/mol. The Kier molecular flexibility index (Phi) is 6.45. The van der Waals surface area contributed by atoms with Crippen molar-refractivity contribution < 1.29 is 0 Å². The van der Waals surface area contributed by atoms with Crippen LogP contribution in [0.5, 0.6) is 0 Å². The van der Waals surface area contributed by atoms with Gasteiger partial charge in [0.2, 0.25) is 0 Å². The molecule has 0 radical (unpaired) electrons. The number of hydrogen-bond acceptors (Lipinski definition) is 2. The quantitative estimate of drug-likeness (QED) is 0.803. The van der Waals surface area contributed by atoms with Crippen LogP contribution in [0, 0.1) is 0 Å². The van der Waals surface area contributed by atoms with Crippen LogP contribution in [0.3, 0.4) is 0 Å². The van der Waals surface area contributed by atoms with Gasteiger partial charge in [0.15, 0.2) is 0 Å². The first-order valence-corrected chi connectivity index (χ1v) is 7.85. The zero-order chi connectivity index (χ0) is 14.9. The number of rotatable bonds is 8. The molecule has 2 nitrogen and oxygen atoms in total. The molecular weight excluding hydrogens is 256 g/mol. The minimum Gasteiger partial charge on any atom is -0.329 e. The van der Waals surface area contributed by atoms with Gasteiger partial charge in [-0.25, -0.2) is 0 Å². The third kappa shape index (κ3) is 5.00. The van der Waals surface area contributed by atoms with Gasteiger partial charge < -0.3 is 5.73 Å². The van der Waals surface area contributed by atoms with Gasteiger partial charge in [-0.15, -0.1) is 0 Å². The standard InChI is InChI=1S/C19H26N2/c1-2-19(15-17-9-5-3-6-10-17)21(14-13-20)16-18-11-7-4-8-12-18/h3-12,19H,2,13-16,20H2,1H3. The van der Waals surface area contributed by atoms with Gasteiger partial charge in [0.25, 0.3) is 0 Å². The molecule has 0 heterocycles. The van der Waals surface area contributed by atoms with Gasteiger partial charge in [-0.2, -0.15) is 0 Å². The fraction of sp³-hybridized carbons (Fsp3) is 0.368. The molecule has 2 aromatic rings. The maximum atomic E-state index is 5.83. The van der Waals surface area contributed by atoms with E-state index in [0.29, 0.717) is 12.6 Å². The second-order valence-corrected chi connectivity index (χ2v) is 5.50. The van der Waals surface area contributed by atoms with Crippen molar-refractivity contribution in [3.05, 3.63) is 71.8 Å². The summed E-state index contributed by atoms with van der Waals surface area (Å²) >= 11 is 0. The Labute approximate surface area is 128 Å². The highest BCUT2D eigenvalue weighted by Gasteiger charge is 2.16. The van der Waals surface area contributed by atoms with E-state index >= 15 is 0 Å². The number of benzene rings is 2. The van der Waals surface area contributed by atoms with Crippen LogP contribution in [0.4, 0.5) is 0 Å². The van der Waals surface area contributed by atoms with E-state index in [4.69, 9.17) is 5.73 Å².